The summed E-state index contributed by atoms with van der Waals surface area (Å²) in [5.41, 5.74) is 2.44. The molecule has 23 heavy (non-hydrogen) atoms. The van der Waals surface area contributed by atoms with Gasteiger partial charge >= 0.3 is 0 Å². The van der Waals surface area contributed by atoms with E-state index in [4.69, 9.17) is 4.98 Å². The van der Waals surface area contributed by atoms with Crippen molar-refractivity contribution in [3.05, 3.63) is 47.8 Å². The molecule has 5 nitrogen and oxygen atoms in total. The molecule has 0 saturated heterocycles. The first kappa shape index (κ1) is 16.1. The van der Waals surface area contributed by atoms with Gasteiger partial charge in [-0.15, -0.1) is 0 Å². The minimum absolute atomic E-state index is 0.323. The summed E-state index contributed by atoms with van der Waals surface area (Å²) in [7, 11) is 2.17. The fraction of sp³-hybridized carbons (Fsp3) is 0.556. The third-order valence-electron chi connectivity index (χ3n) is 4.89. The molecule has 0 amide bonds. The van der Waals surface area contributed by atoms with Crippen LogP contribution in [0.15, 0.2) is 30.6 Å². The van der Waals surface area contributed by atoms with Gasteiger partial charge in [-0.05, 0) is 40.0 Å². The number of imidazole rings is 1. The van der Waals surface area contributed by atoms with Crippen molar-refractivity contribution in [3.63, 3.8) is 0 Å². The van der Waals surface area contributed by atoms with E-state index in [0.717, 1.165) is 31.9 Å². The molecule has 0 aromatic carbocycles. The fourth-order valence-electron chi connectivity index (χ4n) is 3.08. The number of fused-ring (bicyclic) bond motifs is 1. The SMILES string of the molecule is CC(C)N(C)Cc1cnc2n1CCN(Cc1ccccn1)[C@H]2C. The molecule has 5 heteroatoms. The number of nitrogens with zero attached hydrogens (tertiary/aromatic N) is 5. The van der Waals surface area contributed by atoms with E-state index in [-0.39, 0.29) is 0 Å². The maximum Gasteiger partial charge on any atom is 0.126 e. The summed E-state index contributed by atoms with van der Waals surface area (Å²) in [5.74, 6) is 1.18. The predicted octanol–water partition coefficient (Wildman–Crippen LogP) is 2.70. The monoisotopic (exact) mass is 313 g/mol. The van der Waals surface area contributed by atoms with Crippen LogP contribution in [0.3, 0.4) is 0 Å². The zero-order valence-corrected chi connectivity index (χ0v) is 14.6. The second-order valence-electron chi connectivity index (χ2n) is 6.74. The van der Waals surface area contributed by atoms with E-state index in [1.165, 1.54) is 11.5 Å². The second kappa shape index (κ2) is 6.81. The number of hydrogen-bond donors (Lipinski definition) is 0. The molecular formula is C18H27N5. The molecule has 1 aliphatic rings. The van der Waals surface area contributed by atoms with Crippen molar-refractivity contribution >= 4 is 0 Å². The topological polar surface area (TPSA) is 37.2 Å². The van der Waals surface area contributed by atoms with Crippen LogP contribution in [0.1, 0.15) is 44.0 Å². The molecule has 0 saturated carbocycles. The molecule has 0 N–H and O–H groups in total. The van der Waals surface area contributed by atoms with Crippen molar-refractivity contribution in [2.75, 3.05) is 13.6 Å². The smallest absolute Gasteiger partial charge is 0.126 e. The van der Waals surface area contributed by atoms with Crippen molar-refractivity contribution < 1.29 is 0 Å². The highest BCUT2D eigenvalue weighted by Gasteiger charge is 2.27. The van der Waals surface area contributed by atoms with Crippen LogP contribution in [0.4, 0.5) is 0 Å². The summed E-state index contributed by atoms with van der Waals surface area (Å²) >= 11 is 0. The Labute approximate surface area is 139 Å². The lowest BCUT2D eigenvalue weighted by molar-refractivity contribution is 0.151. The number of aromatic nitrogens is 3. The van der Waals surface area contributed by atoms with Gasteiger partial charge in [-0.1, -0.05) is 6.07 Å². The summed E-state index contributed by atoms with van der Waals surface area (Å²) in [6, 6.07) is 6.98. The average molecular weight is 313 g/mol. The predicted molar refractivity (Wildman–Crippen MR) is 91.9 cm³/mol. The lowest BCUT2D eigenvalue weighted by Gasteiger charge is -2.34. The van der Waals surface area contributed by atoms with Crippen molar-refractivity contribution in [2.45, 2.75) is 52.5 Å². The first-order valence-corrected chi connectivity index (χ1v) is 8.44. The van der Waals surface area contributed by atoms with E-state index in [2.05, 4.69) is 65.5 Å². The zero-order valence-electron chi connectivity index (χ0n) is 14.6. The summed E-state index contributed by atoms with van der Waals surface area (Å²) in [6.45, 7) is 10.6. The van der Waals surface area contributed by atoms with E-state index in [0.29, 0.717) is 12.1 Å². The van der Waals surface area contributed by atoms with E-state index in [1.807, 2.05) is 12.3 Å². The molecule has 1 aliphatic heterocycles. The Balaban J connectivity index is 1.73. The second-order valence-corrected chi connectivity index (χ2v) is 6.74. The standard InChI is InChI=1S/C18H27N5/c1-14(2)21(4)13-17-11-20-18-15(3)22(9-10-23(17)18)12-16-7-5-6-8-19-16/h5-8,11,14-15H,9-10,12-13H2,1-4H3/t15-/m0/s1. The van der Waals surface area contributed by atoms with Gasteiger partial charge in [0.1, 0.15) is 5.82 Å². The van der Waals surface area contributed by atoms with Gasteiger partial charge in [0.15, 0.2) is 0 Å². The normalized spacial score (nSPS) is 18.6. The molecule has 1 atom stereocenters. The third-order valence-corrected chi connectivity index (χ3v) is 4.89. The van der Waals surface area contributed by atoms with Gasteiger partial charge in [-0.25, -0.2) is 4.98 Å². The van der Waals surface area contributed by atoms with Gasteiger partial charge in [0.05, 0.1) is 17.4 Å². The lowest BCUT2D eigenvalue weighted by atomic mass is 10.2. The molecule has 3 rings (SSSR count). The summed E-state index contributed by atoms with van der Waals surface area (Å²) < 4.78 is 2.40. The highest BCUT2D eigenvalue weighted by molar-refractivity contribution is 5.12. The van der Waals surface area contributed by atoms with Crippen molar-refractivity contribution in [2.24, 2.45) is 0 Å². The van der Waals surface area contributed by atoms with E-state index in [1.54, 1.807) is 0 Å². The third kappa shape index (κ3) is 3.46. The van der Waals surface area contributed by atoms with Crippen LogP contribution in [0.25, 0.3) is 0 Å². The number of rotatable bonds is 5. The number of hydrogen-bond acceptors (Lipinski definition) is 4. The zero-order chi connectivity index (χ0) is 16.4. The number of pyridine rings is 1. The van der Waals surface area contributed by atoms with Crippen LogP contribution >= 0.6 is 0 Å². The van der Waals surface area contributed by atoms with Gasteiger partial charge in [0.25, 0.3) is 0 Å². The van der Waals surface area contributed by atoms with Gasteiger partial charge in [0.2, 0.25) is 0 Å². The maximum absolute atomic E-state index is 4.72. The molecular weight excluding hydrogens is 286 g/mol. The van der Waals surface area contributed by atoms with Crippen molar-refractivity contribution in [1.82, 2.24) is 24.3 Å². The average Bonchev–Trinajstić information content (AvgIpc) is 2.95. The Kier molecular flexibility index (Phi) is 4.78. The van der Waals surface area contributed by atoms with Crippen LogP contribution in [-0.2, 0) is 19.6 Å². The minimum atomic E-state index is 0.323. The molecule has 0 bridgehead atoms. The highest BCUT2D eigenvalue weighted by Crippen LogP contribution is 2.27. The molecule has 0 unspecified atom stereocenters. The summed E-state index contributed by atoms with van der Waals surface area (Å²) in [4.78, 5) is 14.0. The largest absolute Gasteiger partial charge is 0.328 e. The first-order valence-electron chi connectivity index (χ1n) is 8.44. The quantitative estimate of drug-likeness (QED) is 0.850. The summed E-state index contributed by atoms with van der Waals surface area (Å²) in [5, 5.41) is 0. The van der Waals surface area contributed by atoms with Crippen LogP contribution in [0.5, 0.6) is 0 Å². The Bertz CT molecular complexity index is 634. The summed E-state index contributed by atoms with van der Waals surface area (Å²) in [6.07, 6.45) is 3.92. The molecule has 2 aromatic heterocycles. The van der Waals surface area contributed by atoms with E-state index in [9.17, 15) is 0 Å². The maximum atomic E-state index is 4.72. The van der Waals surface area contributed by atoms with Gasteiger partial charge < -0.3 is 4.57 Å². The minimum Gasteiger partial charge on any atom is -0.328 e. The van der Waals surface area contributed by atoms with Crippen molar-refractivity contribution in [1.29, 1.82) is 0 Å². The molecule has 0 spiro atoms. The Hall–Kier alpha value is -1.72. The van der Waals surface area contributed by atoms with Gasteiger partial charge in [-0.3, -0.25) is 14.8 Å². The van der Waals surface area contributed by atoms with Crippen LogP contribution < -0.4 is 0 Å². The van der Waals surface area contributed by atoms with Crippen LogP contribution in [0.2, 0.25) is 0 Å². The van der Waals surface area contributed by atoms with Crippen molar-refractivity contribution in [3.8, 4) is 0 Å². The molecule has 0 radical (unpaired) electrons. The molecule has 0 fully saturated rings. The molecule has 0 aliphatic carbocycles. The van der Waals surface area contributed by atoms with Gasteiger partial charge in [0, 0.05) is 44.6 Å². The van der Waals surface area contributed by atoms with Crippen LogP contribution in [-0.4, -0.2) is 44.0 Å². The fourth-order valence-corrected chi connectivity index (χ4v) is 3.08. The molecule has 2 aromatic rings. The van der Waals surface area contributed by atoms with E-state index >= 15 is 0 Å². The molecule has 124 valence electrons. The Morgan fingerprint density at radius 1 is 1.26 bits per heavy atom. The highest BCUT2D eigenvalue weighted by atomic mass is 15.3. The van der Waals surface area contributed by atoms with Crippen LogP contribution in [0, 0.1) is 0 Å². The Morgan fingerprint density at radius 2 is 2.09 bits per heavy atom. The first-order chi connectivity index (χ1) is 11.1. The Morgan fingerprint density at radius 3 is 2.78 bits per heavy atom. The van der Waals surface area contributed by atoms with E-state index < -0.39 is 0 Å². The molecule has 3 heterocycles. The van der Waals surface area contributed by atoms with Gasteiger partial charge in [-0.2, -0.15) is 0 Å². The lowest BCUT2D eigenvalue weighted by Crippen LogP contribution is -2.38.